The van der Waals surface area contributed by atoms with E-state index >= 15 is 0 Å². The molecule has 0 aliphatic heterocycles. The fraction of sp³-hybridized carbons (Fsp3) is 1.00. The summed E-state index contributed by atoms with van der Waals surface area (Å²) in [5.74, 6) is 0.905. The number of rotatable bonds is 7. The number of hydrogen-bond acceptors (Lipinski definition) is 2. The van der Waals surface area contributed by atoms with Gasteiger partial charge in [-0.05, 0) is 64.3 Å². The van der Waals surface area contributed by atoms with Gasteiger partial charge in [0.2, 0.25) is 0 Å². The van der Waals surface area contributed by atoms with Crippen LogP contribution in [0.2, 0.25) is 0 Å². The number of nitrogens with zero attached hydrogens (tertiary/aromatic N) is 1. The van der Waals surface area contributed by atoms with Crippen LogP contribution in [0.1, 0.15) is 72.6 Å². The standard InChI is InChI=1S/C18H36N2/c1-6-17(3,4)20(5)14-18(13-19-16-9-10-16)11-7-8-15(2)12-18/h15-16,19H,6-14H2,1-5H3. The van der Waals surface area contributed by atoms with Crippen molar-refractivity contribution in [2.24, 2.45) is 11.3 Å². The Morgan fingerprint density at radius 2 is 1.95 bits per heavy atom. The molecule has 0 radical (unpaired) electrons. The fourth-order valence-electron chi connectivity index (χ4n) is 3.76. The first-order valence-corrected chi connectivity index (χ1v) is 8.81. The molecule has 0 aromatic rings. The topological polar surface area (TPSA) is 15.3 Å². The molecule has 118 valence electrons. The van der Waals surface area contributed by atoms with E-state index in [9.17, 15) is 0 Å². The van der Waals surface area contributed by atoms with Crippen molar-refractivity contribution < 1.29 is 0 Å². The van der Waals surface area contributed by atoms with Crippen molar-refractivity contribution in [2.75, 3.05) is 20.1 Å². The Bertz CT molecular complexity index is 309. The monoisotopic (exact) mass is 280 g/mol. The Morgan fingerprint density at radius 3 is 2.50 bits per heavy atom. The highest BCUT2D eigenvalue weighted by molar-refractivity contribution is 4.94. The third-order valence-electron chi connectivity index (χ3n) is 6.00. The molecule has 0 aromatic carbocycles. The van der Waals surface area contributed by atoms with Crippen LogP contribution in [0.3, 0.4) is 0 Å². The Balaban J connectivity index is 2.00. The van der Waals surface area contributed by atoms with Crippen molar-refractivity contribution in [1.82, 2.24) is 10.2 Å². The van der Waals surface area contributed by atoms with Crippen molar-refractivity contribution in [1.29, 1.82) is 0 Å². The van der Waals surface area contributed by atoms with Crippen LogP contribution in [-0.2, 0) is 0 Å². The summed E-state index contributed by atoms with van der Waals surface area (Å²) in [7, 11) is 2.33. The maximum atomic E-state index is 3.84. The van der Waals surface area contributed by atoms with Crippen molar-refractivity contribution in [3.63, 3.8) is 0 Å². The maximum Gasteiger partial charge on any atom is 0.0147 e. The molecule has 2 saturated carbocycles. The molecule has 20 heavy (non-hydrogen) atoms. The molecule has 0 amide bonds. The summed E-state index contributed by atoms with van der Waals surface area (Å²) in [6, 6.07) is 0.841. The molecular formula is C18H36N2. The number of hydrogen-bond donors (Lipinski definition) is 1. The lowest BCUT2D eigenvalue weighted by Gasteiger charge is -2.47. The van der Waals surface area contributed by atoms with Crippen LogP contribution in [0, 0.1) is 11.3 Å². The lowest BCUT2D eigenvalue weighted by atomic mass is 9.69. The molecule has 2 aliphatic carbocycles. The van der Waals surface area contributed by atoms with E-state index in [-0.39, 0.29) is 0 Å². The van der Waals surface area contributed by atoms with Gasteiger partial charge >= 0.3 is 0 Å². The average Bonchev–Trinajstić information content (AvgIpc) is 3.20. The van der Waals surface area contributed by atoms with Gasteiger partial charge in [0.25, 0.3) is 0 Å². The van der Waals surface area contributed by atoms with E-state index in [0.717, 1.165) is 12.0 Å². The van der Waals surface area contributed by atoms with Gasteiger partial charge in [0.15, 0.2) is 0 Å². The second-order valence-corrected chi connectivity index (χ2v) is 8.38. The van der Waals surface area contributed by atoms with Gasteiger partial charge in [0.05, 0.1) is 0 Å². The molecule has 2 nitrogen and oxygen atoms in total. The summed E-state index contributed by atoms with van der Waals surface area (Å²) >= 11 is 0. The zero-order valence-electron chi connectivity index (χ0n) is 14.5. The van der Waals surface area contributed by atoms with Gasteiger partial charge in [-0.1, -0.05) is 26.7 Å². The maximum absolute atomic E-state index is 3.84. The third kappa shape index (κ3) is 4.21. The summed E-state index contributed by atoms with van der Waals surface area (Å²) in [4.78, 5) is 2.62. The highest BCUT2D eigenvalue weighted by Gasteiger charge is 2.39. The summed E-state index contributed by atoms with van der Waals surface area (Å²) < 4.78 is 0. The van der Waals surface area contributed by atoms with Crippen LogP contribution in [0.25, 0.3) is 0 Å². The third-order valence-corrected chi connectivity index (χ3v) is 6.00. The van der Waals surface area contributed by atoms with Gasteiger partial charge in [-0.25, -0.2) is 0 Å². The molecule has 0 heterocycles. The SMILES string of the molecule is CCC(C)(C)N(C)CC1(CNC2CC2)CCCC(C)C1. The highest BCUT2D eigenvalue weighted by Crippen LogP contribution is 2.41. The zero-order chi connectivity index (χ0) is 14.8. The summed E-state index contributed by atoms with van der Waals surface area (Å²) in [5, 5.41) is 3.84. The predicted octanol–water partition coefficient (Wildman–Crippen LogP) is 4.06. The van der Waals surface area contributed by atoms with Gasteiger partial charge in [-0.2, -0.15) is 0 Å². The second-order valence-electron chi connectivity index (χ2n) is 8.38. The predicted molar refractivity (Wildman–Crippen MR) is 88.1 cm³/mol. The van der Waals surface area contributed by atoms with E-state index < -0.39 is 0 Å². The van der Waals surface area contributed by atoms with E-state index in [2.05, 4.69) is 45.0 Å². The minimum Gasteiger partial charge on any atom is -0.313 e. The Labute approximate surface area is 126 Å². The van der Waals surface area contributed by atoms with E-state index in [4.69, 9.17) is 0 Å². The van der Waals surface area contributed by atoms with E-state index in [1.165, 1.54) is 58.0 Å². The zero-order valence-corrected chi connectivity index (χ0v) is 14.5. The fourth-order valence-corrected chi connectivity index (χ4v) is 3.76. The second kappa shape index (κ2) is 6.36. The lowest BCUT2D eigenvalue weighted by molar-refractivity contribution is 0.0424. The highest BCUT2D eigenvalue weighted by atomic mass is 15.2. The molecule has 1 N–H and O–H groups in total. The molecule has 2 rings (SSSR count). The van der Waals surface area contributed by atoms with Gasteiger partial charge in [-0.3, -0.25) is 0 Å². The molecule has 2 aliphatic rings. The Kier molecular flexibility index (Phi) is 5.18. The normalized spacial score (nSPS) is 31.8. The van der Waals surface area contributed by atoms with E-state index in [0.29, 0.717) is 11.0 Å². The summed E-state index contributed by atoms with van der Waals surface area (Å²) in [5.41, 5.74) is 0.842. The van der Waals surface area contributed by atoms with E-state index in [1.54, 1.807) is 0 Å². The first-order chi connectivity index (χ1) is 9.37. The van der Waals surface area contributed by atoms with Crippen LogP contribution < -0.4 is 5.32 Å². The minimum absolute atomic E-state index is 0.327. The van der Waals surface area contributed by atoms with Gasteiger partial charge in [-0.15, -0.1) is 0 Å². The average molecular weight is 280 g/mol. The molecule has 0 aromatic heterocycles. The van der Waals surface area contributed by atoms with Gasteiger partial charge in [0, 0.05) is 24.7 Å². The largest absolute Gasteiger partial charge is 0.313 e. The molecule has 2 atom stereocenters. The van der Waals surface area contributed by atoms with Crippen LogP contribution >= 0.6 is 0 Å². The van der Waals surface area contributed by atoms with Crippen molar-refractivity contribution in [3.8, 4) is 0 Å². The van der Waals surface area contributed by atoms with Gasteiger partial charge in [0.1, 0.15) is 0 Å². The molecule has 2 fully saturated rings. The molecule has 0 bridgehead atoms. The van der Waals surface area contributed by atoms with Crippen LogP contribution in [0.5, 0.6) is 0 Å². The lowest BCUT2D eigenvalue weighted by Crippen LogP contribution is -2.51. The van der Waals surface area contributed by atoms with Crippen molar-refractivity contribution in [2.45, 2.75) is 84.2 Å². The van der Waals surface area contributed by atoms with E-state index in [1.807, 2.05) is 0 Å². The first-order valence-electron chi connectivity index (χ1n) is 8.81. The number of nitrogens with one attached hydrogen (secondary N) is 1. The summed E-state index contributed by atoms with van der Waals surface area (Å²) in [6.45, 7) is 12.1. The molecule has 0 saturated heterocycles. The molecule has 2 unspecified atom stereocenters. The van der Waals surface area contributed by atoms with Crippen LogP contribution in [-0.4, -0.2) is 36.6 Å². The minimum atomic E-state index is 0.327. The van der Waals surface area contributed by atoms with Crippen LogP contribution in [0.15, 0.2) is 0 Å². The Morgan fingerprint density at radius 1 is 1.25 bits per heavy atom. The van der Waals surface area contributed by atoms with Crippen molar-refractivity contribution >= 4 is 0 Å². The first kappa shape index (κ1) is 16.3. The Hall–Kier alpha value is -0.0800. The quantitative estimate of drug-likeness (QED) is 0.756. The van der Waals surface area contributed by atoms with Crippen molar-refractivity contribution in [3.05, 3.63) is 0 Å². The van der Waals surface area contributed by atoms with Crippen LogP contribution in [0.4, 0.5) is 0 Å². The molecule has 2 heteroatoms. The smallest absolute Gasteiger partial charge is 0.0147 e. The van der Waals surface area contributed by atoms with Gasteiger partial charge < -0.3 is 10.2 Å². The molecular weight excluding hydrogens is 244 g/mol. The summed E-state index contributed by atoms with van der Waals surface area (Å²) in [6.07, 6.45) is 9.73. The molecule has 0 spiro atoms.